The smallest absolute Gasteiger partial charge is 0.123 e. The molecule has 1 unspecified atom stereocenters. The summed E-state index contributed by atoms with van der Waals surface area (Å²) in [5.74, 6) is 0.458. The van der Waals surface area contributed by atoms with Crippen LogP contribution in [0.5, 0.6) is 0 Å². The number of hydrogen-bond donors (Lipinski definition) is 2. The highest BCUT2D eigenvalue weighted by Crippen LogP contribution is 2.16. The molecule has 1 atom stereocenters. The first kappa shape index (κ1) is 12.2. The third-order valence-corrected chi connectivity index (χ3v) is 2.28. The number of likely N-dealkylation sites (N-methyl/N-ethyl adjacent to an activating group) is 1. The average Bonchev–Trinajstić information content (AvgIpc) is 2.10. The molecular formula is C10H16ClN3O. The van der Waals surface area contributed by atoms with Crippen LogP contribution in [0.15, 0.2) is 12.1 Å². The van der Waals surface area contributed by atoms with E-state index in [1.807, 2.05) is 11.9 Å². The lowest BCUT2D eigenvalue weighted by molar-refractivity contribution is 0.138. The number of aliphatic hydroxyl groups is 1. The van der Waals surface area contributed by atoms with Gasteiger partial charge in [-0.1, -0.05) is 11.6 Å². The van der Waals surface area contributed by atoms with Gasteiger partial charge < -0.3 is 10.8 Å². The lowest BCUT2D eigenvalue weighted by Gasteiger charge is -2.18. The van der Waals surface area contributed by atoms with E-state index >= 15 is 0 Å². The average molecular weight is 230 g/mol. The van der Waals surface area contributed by atoms with Crippen molar-refractivity contribution in [1.29, 1.82) is 0 Å². The molecule has 1 aromatic rings. The highest BCUT2D eigenvalue weighted by atomic mass is 35.5. The van der Waals surface area contributed by atoms with Crippen molar-refractivity contribution >= 4 is 17.4 Å². The van der Waals surface area contributed by atoms with E-state index in [-0.39, 0.29) is 6.10 Å². The van der Waals surface area contributed by atoms with E-state index in [1.54, 1.807) is 19.1 Å². The normalized spacial score (nSPS) is 13.1. The van der Waals surface area contributed by atoms with E-state index in [4.69, 9.17) is 17.3 Å². The molecule has 0 bridgehead atoms. The van der Waals surface area contributed by atoms with Crippen LogP contribution in [0.25, 0.3) is 0 Å². The maximum Gasteiger partial charge on any atom is 0.123 e. The largest absolute Gasteiger partial charge is 0.392 e. The summed E-state index contributed by atoms with van der Waals surface area (Å²) >= 11 is 5.97. The minimum atomic E-state index is -0.366. The molecular weight excluding hydrogens is 214 g/mol. The van der Waals surface area contributed by atoms with Crippen LogP contribution in [0.2, 0.25) is 5.02 Å². The molecule has 0 saturated carbocycles. The number of halogens is 1. The molecule has 0 spiro atoms. The Hall–Kier alpha value is -0.840. The number of hydrogen-bond acceptors (Lipinski definition) is 4. The summed E-state index contributed by atoms with van der Waals surface area (Å²) in [7, 11) is 1.90. The number of nitrogen functional groups attached to an aromatic ring is 1. The molecule has 0 aromatic carbocycles. The Morgan fingerprint density at radius 1 is 1.60 bits per heavy atom. The monoisotopic (exact) mass is 229 g/mol. The van der Waals surface area contributed by atoms with Gasteiger partial charge in [0, 0.05) is 13.1 Å². The van der Waals surface area contributed by atoms with Gasteiger partial charge in [0.25, 0.3) is 0 Å². The molecule has 1 heterocycles. The molecule has 1 aromatic heterocycles. The third-order valence-electron chi connectivity index (χ3n) is 1.94. The molecule has 0 aliphatic rings. The first-order valence-electron chi connectivity index (χ1n) is 4.76. The van der Waals surface area contributed by atoms with Gasteiger partial charge in [0.05, 0.1) is 16.8 Å². The lowest BCUT2D eigenvalue weighted by Crippen LogP contribution is -2.27. The SMILES string of the molecule is CC(O)CN(C)Cc1nc(N)ccc1Cl. The molecule has 84 valence electrons. The van der Waals surface area contributed by atoms with Gasteiger partial charge in [-0.2, -0.15) is 0 Å². The zero-order valence-corrected chi connectivity index (χ0v) is 9.70. The highest BCUT2D eigenvalue weighted by molar-refractivity contribution is 6.31. The van der Waals surface area contributed by atoms with Crippen LogP contribution in [0, 0.1) is 0 Å². The van der Waals surface area contributed by atoms with Crippen LogP contribution < -0.4 is 5.73 Å². The quantitative estimate of drug-likeness (QED) is 0.813. The molecule has 1 rings (SSSR count). The fourth-order valence-electron chi connectivity index (χ4n) is 1.38. The minimum Gasteiger partial charge on any atom is -0.392 e. The summed E-state index contributed by atoms with van der Waals surface area (Å²) < 4.78 is 0. The van der Waals surface area contributed by atoms with Crippen LogP contribution in [0.1, 0.15) is 12.6 Å². The summed E-state index contributed by atoms with van der Waals surface area (Å²) in [5, 5.41) is 9.80. The zero-order valence-electron chi connectivity index (χ0n) is 8.94. The number of anilines is 1. The number of rotatable bonds is 4. The second kappa shape index (κ2) is 5.30. The Labute approximate surface area is 94.7 Å². The van der Waals surface area contributed by atoms with Crippen molar-refractivity contribution in [3.05, 3.63) is 22.8 Å². The summed E-state index contributed by atoms with van der Waals surface area (Å²) in [6.45, 7) is 2.90. The predicted octanol–water partition coefficient (Wildman–Crippen LogP) is 1.13. The van der Waals surface area contributed by atoms with Gasteiger partial charge in [-0.15, -0.1) is 0 Å². The number of aliphatic hydroxyl groups excluding tert-OH is 1. The third kappa shape index (κ3) is 4.03. The van der Waals surface area contributed by atoms with Crippen molar-refractivity contribution in [3.8, 4) is 0 Å². The molecule has 15 heavy (non-hydrogen) atoms. The van der Waals surface area contributed by atoms with Crippen molar-refractivity contribution in [2.45, 2.75) is 19.6 Å². The summed E-state index contributed by atoms with van der Waals surface area (Å²) in [6, 6.07) is 3.40. The molecule has 0 saturated heterocycles. The van der Waals surface area contributed by atoms with Crippen molar-refractivity contribution in [2.24, 2.45) is 0 Å². The fourth-order valence-corrected chi connectivity index (χ4v) is 1.55. The number of pyridine rings is 1. The van der Waals surface area contributed by atoms with Gasteiger partial charge in [0.1, 0.15) is 5.82 Å². The molecule has 4 nitrogen and oxygen atoms in total. The number of aromatic nitrogens is 1. The van der Waals surface area contributed by atoms with Crippen molar-refractivity contribution in [3.63, 3.8) is 0 Å². The van der Waals surface area contributed by atoms with Crippen LogP contribution in [-0.4, -0.2) is 34.7 Å². The molecule has 0 radical (unpaired) electrons. The Balaban J connectivity index is 2.67. The maximum absolute atomic E-state index is 9.20. The first-order valence-corrected chi connectivity index (χ1v) is 5.14. The van der Waals surface area contributed by atoms with Crippen molar-refractivity contribution < 1.29 is 5.11 Å². The van der Waals surface area contributed by atoms with Crippen LogP contribution in [0.3, 0.4) is 0 Å². The lowest BCUT2D eigenvalue weighted by atomic mass is 10.3. The number of nitrogens with zero attached hydrogens (tertiary/aromatic N) is 2. The molecule has 3 N–H and O–H groups in total. The highest BCUT2D eigenvalue weighted by Gasteiger charge is 2.08. The van der Waals surface area contributed by atoms with Gasteiger partial charge >= 0.3 is 0 Å². The molecule has 0 aliphatic carbocycles. The zero-order chi connectivity index (χ0) is 11.4. The van der Waals surface area contributed by atoms with E-state index in [1.165, 1.54) is 0 Å². The van der Waals surface area contributed by atoms with Crippen LogP contribution >= 0.6 is 11.6 Å². The Kier molecular flexibility index (Phi) is 4.32. The Morgan fingerprint density at radius 3 is 2.87 bits per heavy atom. The fraction of sp³-hybridized carbons (Fsp3) is 0.500. The molecule has 0 amide bonds. The van der Waals surface area contributed by atoms with Crippen molar-refractivity contribution in [2.75, 3.05) is 19.3 Å². The second-order valence-electron chi connectivity index (χ2n) is 3.71. The van der Waals surface area contributed by atoms with Gasteiger partial charge in [-0.05, 0) is 26.1 Å². The Bertz CT molecular complexity index is 330. The maximum atomic E-state index is 9.20. The predicted molar refractivity (Wildman–Crippen MR) is 61.7 cm³/mol. The summed E-state index contributed by atoms with van der Waals surface area (Å²) in [5.41, 5.74) is 6.30. The van der Waals surface area contributed by atoms with E-state index in [0.717, 1.165) is 5.69 Å². The molecule has 5 heteroatoms. The van der Waals surface area contributed by atoms with Gasteiger partial charge in [-0.25, -0.2) is 4.98 Å². The van der Waals surface area contributed by atoms with E-state index < -0.39 is 0 Å². The topological polar surface area (TPSA) is 62.4 Å². The summed E-state index contributed by atoms with van der Waals surface area (Å²) in [6.07, 6.45) is -0.366. The van der Waals surface area contributed by atoms with Gasteiger partial charge in [-0.3, -0.25) is 4.90 Å². The van der Waals surface area contributed by atoms with Gasteiger partial charge in [0.2, 0.25) is 0 Å². The second-order valence-corrected chi connectivity index (χ2v) is 4.12. The number of nitrogens with two attached hydrogens (primary N) is 1. The van der Waals surface area contributed by atoms with Crippen LogP contribution in [0.4, 0.5) is 5.82 Å². The van der Waals surface area contributed by atoms with E-state index in [0.29, 0.717) is 23.9 Å². The van der Waals surface area contributed by atoms with E-state index in [2.05, 4.69) is 4.98 Å². The standard InChI is InChI=1S/C10H16ClN3O/c1-7(15)5-14(2)6-9-8(11)3-4-10(12)13-9/h3-4,7,15H,5-6H2,1-2H3,(H2,12,13). The summed E-state index contributed by atoms with van der Waals surface area (Å²) in [4.78, 5) is 6.09. The molecule has 0 aliphatic heterocycles. The van der Waals surface area contributed by atoms with E-state index in [9.17, 15) is 5.11 Å². The van der Waals surface area contributed by atoms with Crippen molar-refractivity contribution in [1.82, 2.24) is 9.88 Å². The molecule has 0 fully saturated rings. The first-order chi connectivity index (χ1) is 6.99. The Morgan fingerprint density at radius 2 is 2.27 bits per heavy atom. The van der Waals surface area contributed by atoms with Gasteiger partial charge in [0.15, 0.2) is 0 Å². The minimum absolute atomic E-state index is 0.366. The van der Waals surface area contributed by atoms with Crippen LogP contribution in [-0.2, 0) is 6.54 Å².